The Morgan fingerprint density at radius 1 is 1.24 bits per heavy atom. The van der Waals surface area contributed by atoms with Crippen LogP contribution in [0.1, 0.15) is 36.2 Å². The highest BCUT2D eigenvalue weighted by molar-refractivity contribution is 5.92. The first kappa shape index (κ1) is 17.0. The van der Waals surface area contributed by atoms with Crippen molar-refractivity contribution in [3.63, 3.8) is 0 Å². The van der Waals surface area contributed by atoms with Gasteiger partial charge in [-0.25, -0.2) is 14.6 Å². The SMILES string of the molecule is Cc1ncnc(C)c1CNC(=O)Cn1cc(NC(=O)C2CCC2)nn1. The van der Waals surface area contributed by atoms with E-state index in [1.165, 1.54) is 11.0 Å². The number of amides is 2. The Morgan fingerprint density at radius 2 is 1.96 bits per heavy atom. The van der Waals surface area contributed by atoms with Gasteiger partial charge in [-0.3, -0.25) is 9.59 Å². The number of hydrogen-bond acceptors (Lipinski definition) is 6. The maximum atomic E-state index is 12.1. The van der Waals surface area contributed by atoms with E-state index in [9.17, 15) is 9.59 Å². The number of anilines is 1. The van der Waals surface area contributed by atoms with Gasteiger partial charge in [0, 0.05) is 29.4 Å². The maximum absolute atomic E-state index is 12.1. The van der Waals surface area contributed by atoms with Crippen LogP contribution < -0.4 is 10.6 Å². The van der Waals surface area contributed by atoms with Gasteiger partial charge in [-0.15, -0.1) is 5.10 Å². The highest BCUT2D eigenvalue weighted by Gasteiger charge is 2.25. The van der Waals surface area contributed by atoms with Crippen LogP contribution in [0, 0.1) is 19.8 Å². The Kier molecular flexibility index (Phi) is 5.01. The van der Waals surface area contributed by atoms with Gasteiger partial charge < -0.3 is 10.6 Å². The van der Waals surface area contributed by atoms with Gasteiger partial charge in [0.2, 0.25) is 11.8 Å². The number of hydrogen-bond donors (Lipinski definition) is 2. The lowest BCUT2D eigenvalue weighted by atomic mass is 9.85. The average molecular weight is 343 g/mol. The topological polar surface area (TPSA) is 115 Å². The Bertz CT molecular complexity index is 762. The molecule has 1 fully saturated rings. The van der Waals surface area contributed by atoms with Gasteiger partial charge in [0.1, 0.15) is 12.9 Å². The van der Waals surface area contributed by atoms with E-state index in [1.807, 2.05) is 13.8 Å². The lowest BCUT2D eigenvalue weighted by Crippen LogP contribution is -2.28. The Labute approximate surface area is 145 Å². The maximum Gasteiger partial charge on any atom is 0.242 e. The quantitative estimate of drug-likeness (QED) is 0.799. The number of nitrogens with one attached hydrogen (secondary N) is 2. The predicted octanol–water partition coefficient (Wildman–Crippen LogP) is 0.740. The van der Waals surface area contributed by atoms with Crippen LogP contribution in [0.3, 0.4) is 0 Å². The molecule has 0 saturated heterocycles. The minimum atomic E-state index is -0.204. The first-order valence-corrected chi connectivity index (χ1v) is 8.27. The third-order valence-corrected chi connectivity index (χ3v) is 4.41. The number of aromatic nitrogens is 5. The Morgan fingerprint density at radius 3 is 2.60 bits per heavy atom. The van der Waals surface area contributed by atoms with E-state index in [0.717, 1.165) is 36.2 Å². The summed E-state index contributed by atoms with van der Waals surface area (Å²) >= 11 is 0. The zero-order valence-corrected chi connectivity index (χ0v) is 14.3. The van der Waals surface area contributed by atoms with Crippen molar-refractivity contribution in [2.45, 2.75) is 46.2 Å². The van der Waals surface area contributed by atoms with E-state index in [0.29, 0.717) is 12.4 Å². The molecule has 0 radical (unpaired) electrons. The van der Waals surface area contributed by atoms with Crippen LogP contribution in [-0.4, -0.2) is 36.8 Å². The lowest BCUT2D eigenvalue weighted by molar-refractivity contribution is -0.122. The van der Waals surface area contributed by atoms with Gasteiger partial charge in [-0.2, -0.15) is 0 Å². The molecule has 0 bridgehead atoms. The van der Waals surface area contributed by atoms with Gasteiger partial charge in [0.15, 0.2) is 5.82 Å². The standard InChI is InChI=1S/C16H21N7O2/c1-10-13(11(2)19-9-18-10)6-17-15(24)8-23-7-14(21-22-23)20-16(25)12-4-3-5-12/h7,9,12H,3-6,8H2,1-2H3,(H,17,24)(H,20,25). The molecule has 1 aliphatic rings. The molecule has 132 valence electrons. The number of carbonyl (C=O) groups excluding carboxylic acids is 2. The summed E-state index contributed by atoms with van der Waals surface area (Å²) in [7, 11) is 0. The van der Waals surface area contributed by atoms with Gasteiger partial charge >= 0.3 is 0 Å². The van der Waals surface area contributed by atoms with Crippen molar-refractivity contribution in [3.8, 4) is 0 Å². The van der Waals surface area contributed by atoms with E-state index in [1.54, 1.807) is 6.20 Å². The van der Waals surface area contributed by atoms with Crippen molar-refractivity contribution in [2.24, 2.45) is 5.92 Å². The van der Waals surface area contributed by atoms with Crippen molar-refractivity contribution in [3.05, 3.63) is 29.5 Å². The fraction of sp³-hybridized carbons (Fsp3) is 0.500. The molecule has 0 spiro atoms. The second kappa shape index (κ2) is 7.37. The first-order valence-electron chi connectivity index (χ1n) is 8.27. The third kappa shape index (κ3) is 4.17. The van der Waals surface area contributed by atoms with E-state index < -0.39 is 0 Å². The molecular weight excluding hydrogens is 322 g/mol. The molecule has 2 N–H and O–H groups in total. The summed E-state index contributed by atoms with van der Waals surface area (Å²) in [5, 5.41) is 13.3. The van der Waals surface area contributed by atoms with E-state index >= 15 is 0 Å². The van der Waals surface area contributed by atoms with Crippen LogP contribution in [0.15, 0.2) is 12.5 Å². The largest absolute Gasteiger partial charge is 0.350 e. The highest BCUT2D eigenvalue weighted by Crippen LogP contribution is 2.27. The summed E-state index contributed by atoms with van der Waals surface area (Å²) in [6, 6.07) is 0. The fourth-order valence-corrected chi connectivity index (χ4v) is 2.60. The minimum Gasteiger partial charge on any atom is -0.350 e. The number of aryl methyl sites for hydroxylation is 2. The summed E-state index contributed by atoms with van der Waals surface area (Å²) in [5.74, 6) is 0.211. The average Bonchev–Trinajstić information content (AvgIpc) is 2.91. The van der Waals surface area contributed by atoms with Gasteiger partial charge in [-0.1, -0.05) is 11.6 Å². The first-order chi connectivity index (χ1) is 12.0. The fourth-order valence-electron chi connectivity index (χ4n) is 2.60. The summed E-state index contributed by atoms with van der Waals surface area (Å²) in [6.45, 7) is 4.14. The molecule has 2 aromatic rings. The summed E-state index contributed by atoms with van der Waals surface area (Å²) < 4.78 is 1.40. The molecule has 2 aromatic heterocycles. The summed E-state index contributed by atoms with van der Waals surface area (Å²) in [6.07, 6.45) is 5.99. The zero-order chi connectivity index (χ0) is 17.8. The molecule has 0 atom stereocenters. The second-order valence-corrected chi connectivity index (χ2v) is 6.22. The molecule has 0 aliphatic heterocycles. The van der Waals surface area contributed by atoms with Crippen LogP contribution in [0.25, 0.3) is 0 Å². The molecule has 1 aliphatic carbocycles. The van der Waals surface area contributed by atoms with Crippen molar-refractivity contribution < 1.29 is 9.59 Å². The monoisotopic (exact) mass is 343 g/mol. The number of rotatable bonds is 6. The summed E-state index contributed by atoms with van der Waals surface area (Å²) in [4.78, 5) is 32.2. The van der Waals surface area contributed by atoms with Gasteiger partial charge in [0.05, 0.1) is 6.20 Å². The molecule has 9 heteroatoms. The Balaban J connectivity index is 1.50. The second-order valence-electron chi connectivity index (χ2n) is 6.22. The molecule has 0 unspecified atom stereocenters. The van der Waals surface area contributed by atoms with Crippen molar-refractivity contribution >= 4 is 17.6 Å². The van der Waals surface area contributed by atoms with Crippen LogP contribution in [0.2, 0.25) is 0 Å². The molecule has 2 amide bonds. The molecule has 25 heavy (non-hydrogen) atoms. The molecule has 2 heterocycles. The normalized spacial score (nSPS) is 14.0. The number of carbonyl (C=O) groups is 2. The molecule has 1 saturated carbocycles. The van der Waals surface area contributed by atoms with Crippen LogP contribution >= 0.6 is 0 Å². The lowest BCUT2D eigenvalue weighted by Gasteiger charge is -2.23. The van der Waals surface area contributed by atoms with Crippen LogP contribution in [-0.2, 0) is 22.7 Å². The molecular formula is C16H21N7O2. The molecule has 3 rings (SSSR count). The van der Waals surface area contributed by atoms with E-state index in [-0.39, 0.29) is 24.3 Å². The zero-order valence-electron chi connectivity index (χ0n) is 14.3. The highest BCUT2D eigenvalue weighted by atomic mass is 16.2. The van der Waals surface area contributed by atoms with E-state index in [2.05, 4.69) is 30.9 Å². The van der Waals surface area contributed by atoms with Crippen LogP contribution in [0.5, 0.6) is 0 Å². The molecule has 0 aromatic carbocycles. The predicted molar refractivity (Wildman–Crippen MR) is 89.3 cm³/mol. The van der Waals surface area contributed by atoms with E-state index in [4.69, 9.17) is 0 Å². The Hall–Kier alpha value is -2.84. The number of nitrogens with zero attached hydrogens (tertiary/aromatic N) is 5. The van der Waals surface area contributed by atoms with Crippen molar-refractivity contribution in [1.82, 2.24) is 30.3 Å². The van der Waals surface area contributed by atoms with Gasteiger partial charge in [-0.05, 0) is 26.7 Å². The smallest absolute Gasteiger partial charge is 0.242 e. The minimum absolute atomic E-state index is 0.0259. The van der Waals surface area contributed by atoms with Crippen molar-refractivity contribution in [1.29, 1.82) is 0 Å². The molecule has 9 nitrogen and oxygen atoms in total. The van der Waals surface area contributed by atoms with Crippen molar-refractivity contribution in [2.75, 3.05) is 5.32 Å². The third-order valence-electron chi connectivity index (χ3n) is 4.41. The van der Waals surface area contributed by atoms with Crippen LogP contribution in [0.4, 0.5) is 5.82 Å². The summed E-state index contributed by atoms with van der Waals surface area (Å²) in [5.41, 5.74) is 2.59. The van der Waals surface area contributed by atoms with Gasteiger partial charge in [0.25, 0.3) is 0 Å².